The third-order valence-electron chi connectivity index (χ3n) is 5.10. The van der Waals surface area contributed by atoms with Gasteiger partial charge in [0.15, 0.2) is 0 Å². The lowest BCUT2D eigenvalue weighted by atomic mass is 9.89. The fraction of sp³-hybridized carbons (Fsp3) is 0.154. The summed E-state index contributed by atoms with van der Waals surface area (Å²) in [5.41, 5.74) is 8.73. The third-order valence-corrected chi connectivity index (χ3v) is 5.10. The van der Waals surface area contributed by atoms with Crippen molar-refractivity contribution in [3.05, 3.63) is 113 Å². The molecule has 1 heterocycles. The van der Waals surface area contributed by atoms with Gasteiger partial charge in [-0.2, -0.15) is 0 Å². The first-order chi connectivity index (χ1) is 13.8. The van der Waals surface area contributed by atoms with E-state index < -0.39 is 0 Å². The van der Waals surface area contributed by atoms with Crippen LogP contribution in [0.25, 0.3) is 11.1 Å². The smallest absolute Gasteiger partial charge is 0.0430 e. The Morgan fingerprint density at radius 1 is 0.929 bits per heavy atom. The predicted octanol–water partition coefficient (Wildman–Crippen LogP) is 5.58. The molecule has 3 aromatic carbocycles. The first-order valence-electron chi connectivity index (χ1n) is 9.85. The number of hydrogen-bond donors (Lipinski definition) is 2. The average molecular weight is 367 g/mol. The molecule has 28 heavy (non-hydrogen) atoms. The molecule has 1 atom stereocenters. The van der Waals surface area contributed by atoms with Crippen molar-refractivity contribution >= 4 is 16.8 Å². The van der Waals surface area contributed by atoms with Crippen molar-refractivity contribution in [2.45, 2.75) is 13.0 Å². The van der Waals surface area contributed by atoms with E-state index in [1.807, 2.05) is 7.05 Å². The highest BCUT2D eigenvalue weighted by Crippen LogP contribution is 2.36. The maximum absolute atomic E-state index is 3.64. The Kier molecular flexibility index (Phi) is 5.41. The van der Waals surface area contributed by atoms with Gasteiger partial charge in [0.05, 0.1) is 0 Å². The van der Waals surface area contributed by atoms with Crippen LogP contribution in [-0.2, 0) is 0 Å². The van der Waals surface area contributed by atoms with Crippen LogP contribution >= 0.6 is 0 Å². The standard InChI is InChI=1S/C26H26N2/c1-19-17-25(21-11-7-4-8-12-21)24-14-13-22(18-26(24)28-19)23(15-16-27-2)20-9-5-3-6-10-20/h3-15,17-19,27-28H,16H2,1-2H3/b23-15-. The summed E-state index contributed by atoms with van der Waals surface area (Å²) >= 11 is 0. The van der Waals surface area contributed by atoms with Crippen molar-refractivity contribution < 1.29 is 0 Å². The van der Waals surface area contributed by atoms with Crippen LogP contribution in [0.2, 0.25) is 0 Å². The van der Waals surface area contributed by atoms with E-state index in [4.69, 9.17) is 0 Å². The van der Waals surface area contributed by atoms with E-state index in [-0.39, 0.29) is 0 Å². The minimum absolute atomic E-state index is 0.291. The fourth-order valence-electron chi connectivity index (χ4n) is 3.79. The summed E-state index contributed by atoms with van der Waals surface area (Å²) in [6.07, 6.45) is 4.57. The summed E-state index contributed by atoms with van der Waals surface area (Å²) in [6.45, 7) is 3.04. The first-order valence-corrected chi connectivity index (χ1v) is 9.85. The third kappa shape index (κ3) is 3.78. The molecule has 140 valence electrons. The Morgan fingerprint density at radius 2 is 1.64 bits per heavy atom. The van der Waals surface area contributed by atoms with Crippen LogP contribution in [0.15, 0.2) is 91.0 Å². The van der Waals surface area contributed by atoms with Crippen molar-refractivity contribution in [1.29, 1.82) is 0 Å². The van der Waals surface area contributed by atoms with E-state index in [2.05, 4.69) is 109 Å². The highest BCUT2D eigenvalue weighted by Gasteiger charge is 2.18. The van der Waals surface area contributed by atoms with Gasteiger partial charge in [-0.1, -0.05) is 84.9 Å². The molecule has 3 aromatic rings. The summed E-state index contributed by atoms with van der Waals surface area (Å²) in [7, 11) is 1.98. The van der Waals surface area contributed by atoms with Gasteiger partial charge in [-0.15, -0.1) is 0 Å². The maximum Gasteiger partial charge on any atom is 0.0430 e. The predicted molar refractivity (Wildman–Crippen MR) is 120 cm³/mol. The molecule has 0 saturated heterocycles. The Bertz CT molecular complexity index is 1000. The minimum Gasteiger partial charge on any atom is -0.379 e. The molecule has 0 aliphatic carbocycles. The van der Waals surface area contributed by atoms with Gasteiger partial charge in [-0.3, -0.25) is 0 Å². The monoisotopic (exact) mass is 366 g/mol. The minimum atomic E-state index is 0.291. The molecule has 1 aliphatic heterocycles. The van der Waals surface area contributed by atoms with Gasteiger partial charge in [0.2, 0.25) is 0 Å². The Hall–Kier alpha value is -3.10. The number of rotatable bonds is 5. The van der Waals surface area contributed by atoms with E-state index in [9.17, 15) is 0 Å². The number of anilines is 1. The Balaban J connectivity index is 1.78. The van der Waals surface area contributed by atoms with Gasteiger partial charge in [-0.25, -0.2) is 0 Å². The van der Waals surface area contributed by atoms with Crippen molar-refractivity contribution in [3.63, 3.8) is 0 Å². The lowest BCUT2D eigenvalue weighted by Crippen LogP contribution is -2.18. The van der Waals surface area contributed by atoms with Gasteiger partial charge in [0.1, 0.15) is 0 Å². The van der Waals surface area contributed by atoms with Gasteiger partial charge in [0.25, 0.3) is 0 Å². The maximum atomic E-state index is 3.64. The molecule has 0 aromatic heterocycles. The van der Waals surface area contributed by atoms with Crippen LogP contribution in [-0.4, -0.2) is 19.6 Å². The fourth-order valence-corrected chi connectivity index (χ4v) is 3.79. The molecule has 0 spiro atoms. The summed E-state index contributed by atoms with van der Waals surface area (Å²) in [4.78, 5) is 0. The van der Waals surface area contributed by atoms with E-state index in [1.54, 1.807) is 0 Å². The van der Waals surface area contributed by atoms with Crippen LogP contribution in [0, 0.1) is 0 Å². The lowest BCUT2D eigenvalue weighted by Gasteiger charge is -2.25. The Morgan fingerprint density at radius 3 is 2.36 bits per heavy atom. The quantitative estimate of drug-likeness (QED) is 0.616. The normalized spacial score (nSPS) is 16.1. The van der Waals surface area contributed by atoms with Gasteiger partial charge >= 0.3 is 0 Å². The molecule has 1 unspecified atom stereocenters. The number of fused-ring (bicyclic) bond motifs is 1. The molecule has 2 heteroatoms. The van der Waals surface area contributed by atoms with E-state index >= 15 is 0 Å². The zero-order valence-electron chi connectivity index (χ0n) is 16.4. The molecule has 0 bridgehead atoms. The second-order valence-electron chi connectivity index (χ2n) is 7.18. The van der Waals surface area contributed by atoms with Crippen LogP contribution in [0.1, 0.15) is 29.2 Å². The van der Waals surface area contributed by atoms with Crippen LogP contribution in [0.4, 0.5) is 5.69 Å². The number of nitrogens with one attached hydrogen (secondary N) is 2. The SMILES string of the molecule is CNC/C=C(/c1ccccc1)c1ccc2c(c1)NC(C)C=C2c1ccccc1. The second-order valence-corrected chi connectivity index (χ2v) is 7.18. The molecule has 2 N–H and O–H groups in total. The van der Waals surface area contributed by atoms with E-state index in [0.717, 1.165) is 6.54 Å². The Labute approximate surface area is 167 Å². The van der Waals surface area contributed by atoms with Crippen LogP contribution in [0.5, 0.6) is 0 Å². The topological polar surface area (TPSA) is 24.1 Å². The molecule has 1 aliphatic rings. The van der Waals surface area contributed by atoms with Gasteiger partial charge in [-0.05, 0) is 47.9 Å². The highest BCUT2D eigenvalue weighted by atomic mass is 14.9. The average Bonchev–Trinajstić information content (AvgIpc) is 2.74. The zero-order chi connectivity index (χ0) is 19.3. The molecule has 0 radical (unpaired) electrons. The van der Waals surface area contributed by atoms with Crippen molar-refractivity contribution in [3.8, 4) is 0 Å². The van der Waals surface area contributed by atoms with Crippen LogP contribution < -0.4 is 10.6 Å². The zero-order valence-corrected chi connectivity index (χ0v) is 16.4. The van der Waals surface area contributed by atoms with Gasteiger partial charge < -0.3 is 10.6 Å². The molecular formula is C26H26N2. The first kappa shape index (κ1) is 18.3. The molecular weight excluding hydrogens is 340 g/mol. The van der Waals surface area contributed by atoms with Crippen molar-refractivity contribution in [2.75, 3.05) is 18.9 Å². The number of likely N-dealkylation sites (N-methyl/N-ethyl adjacent to an activating group) is 1. The van der Waals surface area contributed by atoms with Gasteiger partial charge in [0, 0.05) is 23.8 Å². The van der Waals surface area contributed by atoms with E-state index in [0.29, 0.717) is 6.04 Å². The van der Waals surface area contributed by atoms with Crippen molar-refractivity contribution in [2.24, 2.45) is 0 Å². The van der Waals surface area contributed by atoms with Crippen molar-refractivity contribution in [1.82, 2.24) is 5.32 Å². The number of benzene rings is 3. The molecule has 2 nitrogen and oxygen atoms in total. The van der Waals surface area contributed by atoms with Crippen LogP contribution in [0.3, 0.4) is 0 Å². The lowest BCUT2D eigenvalue weighted by molar-refractivity contribution is 0.920. The van der Waals surface area contributed by atoms with E-state index in [1.165, 1.54) is 39.1 Å². The molecule has 0 fully saturated rings. The second kappa shape index (κ2) is 8.28. The summed E-state index contributed by atoms with van der Waals surface area (Å²) in [5.74, 6) is 0. The number of hydrogen-bond acceptors (Lipinski definition) is 2. The summed E-state index contributed by atoms with van der Waals surface area (Å²) < 4.78 is 0. The molecule has 4 rings (SSSR count). The summed E-state index contributed by atoms with van der Waals surface area (Å²) in [5, 5.41) is 6.88. The largest absolute Gasteiger partial charge is 0.379 e. The molecule has 0 amide bonds. The summed E-state index contributed by atoms with van der Waals surface area (Å²) in [6, 6.07) is 28.3. The molecule has 0 saturated carbocycles. The highest BCUT2D eigenvalue weighted by molar-refractivity contribution is 5.91.